The Kier molecular flexibility index (Phi) is 6.11. The maximum absolute atomic E-state index is 12.4. The van der Waals surface area contributed by atoms with Crippen LogP contribution in [0.2, 0.25) is 0 Å². The van der Waals surface area contributed by atoms with Crippen molar-refractivity contribution in [2.75, 3.05) is 0 Å². The zero-order valence-electron chi connectivity index (χ0n) is 14.5. The highest BCUT2D eigenvalue weighted by Gasteiger charge is 2.23. The topological polar surface area (TPSA) is 90.1 Å². The van der Waals surface area contributed by atoms with E-state index in [0.717, 1.165) is 12.8 Å². The van der Waals surface area contributed by atoms with Gasteiger partial charge >= 0.3 is 0 Å². The van der Waals surface area contributed by atoms with Crippen LogP contribution in [-0.4, -0.2) is 33.2 Å². The average Bonchev–Trinajstić information content (AvgIpc) is 3.15. The number of amides is 1. The van der Waals surface area contributed by atoms with Crippen LogP contribution in [0.4, 0.5) is 0 Å². The summed E-state index contributed by atoms with van der Waals surface area (Å²) in [4.78, 5) is 20.8. The Labute approximate surface area is 147 Å². The SMILES string of the molecule is CC[C@@H](OC1CCCCC1)C(=O)NCc1nc(-c2ccccn2)no1. The van der Waals surface area contributed by atoms with E-state index in [2.05, 4.69) is 20.4 Å². The van der Waals surface area contributed by atoms with Gasteiger partial charge in [0.15, 0.2) is 0 Å². The van der Waals surface area contributed by atoms with Gasteiger partial charge in [-0.05, 0) is 31.4 Å². The highest BCUT2D eigenvalue weighted by Crippen LogP contribution is 2.22. The second-order valence-corrected chi connectivity index (χ2v) is 6.24. The summed E-state index contributed by atoms with van der Waals surface area (Å²) in [5.41, 5.74) is 0.635. The van der Waals surface area contributed by atoms with Crippen molar-refractivity contribution < 1.29 is 14.1 Å². The van der Waals surface area contributed by atoms with Gasteiger partial charge in [-0.2, -0.15) is 4.98 Å². The molecule has 3 rings (SSSR count). The molecule has 0 saturated heterocycles. The molecule has 0 radical (unpaired) electrons. The highest BCUT2D eigenvalue weighted by atomic mass is 16.5. The Hall–Kier alpha value is -2.28. The molecule has 1 saturated carbocycles. The fourth-order valence-corrected chi connectivity index (χ4v) is 2.98. The lowest BCUT2D eigenvalue weighted by Crippen LogP contribution is -2.38. The predicted octanol–water partition coefficient (Wildman–Crippen LogP) is 2.88. The third-order valence-corrected chi connectivity index (χ3v) is 4.35. The maximum Gasteiger partial charge on any atom is 0.249 e. The van der Waals surface area contributed by atoms with Crippen molar-refractivity contribution in [2.24, 2.45) is 0 Å². The molecular formula is C18H24N4O3. The Morgan fingerprint density at radius 3 is 2.92 bits per heavy atom. The van der Waals surface area contributed by atoms with E-state index in [9.17, 15) is 4.79 Å². The Morgan fingerprint density at radius 2 is 2.20 bits per heavy atom. The fourth-order valence-electron chi connectivity index (χ4n) is 2.98. The van der Waals surface area contributed by atoms with E-state index < -0.39 is 6.10 Å². The summed E-state index contributed by atoms with van der Waals surface area (Å²) in [7, 11) is 0. The number of nitrogens with zero attached hydrogens (tertiary/aromatic N) is 3. The molecule has 1 atom stereocenters. The summed E-state index contributed by atoms with van der Waals surface area (Å²) in [6, 6.07) is 5.48. The van der Waals surface area contributed by atoms with Crippen LogP contribution in [0.1, 0.15) is 51.3 Å². The van der Waals surface area contributed by atoms with Crippen LogP contribution >= 0.6 is 0 Å². The predicted molar refractivity (Wildman–Crippen MR) is 91.4 cm³/mol. The molecule has 25 heavy (non-hydrogen) atoms. The maximum atomic E-state index is 12.4. The van der Waals surface area contributed by atoms with Crippen molar-refractivity contribution in [3.63, 3.8) is 0 Å². The zero-order chi connectivity index (χ0) is 17.5. The minimum atomic E-state index is -0.429. The van der Waals surface area contributed by atoms with E-state index in [1.807, 2.05) is 19.1 Å². The molecule has 1 N–H and O–H groups in total. The molecule has 1 aliphatic carbocycles. The van der Waals surface area contributed by atoms with Crippen LogP contribution in [0.15, 0.2) is 28.9 Å². The van der Waals surface area contributed by atoms with E-state index >= 15 is 0 Å². The quantitative estimate of drug-likeness (QED) is 0.830. The van der Waals surface area contributed by atoms with Crippen molar-refractivity contribution in [1.29, 1.82) is 0 Å². The first kappa shape index (κ1) is 17.5. The van der Waals surface area contributed by atoms with Crippen LogP contribution in [-0.2, 0) is 16.1 Å². The van der Waals surface area contributed by atoms with Gasteiger partial charge in [0.1, 0.15) is 11.8 Å². The molecule has 0 spiro atoms. The van der Waals surface area contributed by atoms with Gasteiger partial charge in [0.05, 0.1) is 12.6 Å². The largest absolute Gasteiger partial charge is 0.365 e. The summed E-state index contributed by atoms with van der Waals surface area (Å²) in [6.07, 6.45) is 7.79. The van der Waals surface area contributed by atoms with E-state index in [0.29, 0.717) is 23.8 Å². The lowest BCUT2D eigenvalue weighted by Gasteiger charge is -2.26. The lowest BCUT2D eigenvalue weighted by molar-refractivity contribution is -0.138. The summed E-state index contributed by atoms with van der Waals surface area (Å²) in [6.45, 7) is 2.14. The van der Waals surface area contributed by atoms with Crippen LogP contribution < -0.4 is 5.32 Å². The number of rotatable bonds is 7. The molecule has 1 amide bonds. The fraction of sp³-hybridized carbons (Fsp3) is 0.556. The molecule has 1 aliphatic rings. The molecule has 7 heteroatoms. The van der Waals surface area contributed by atoms with Crippen LogP contribution in [0.25, 0.3) is 11.5 Å². The molecule has 2 aromatic heterocycles. The third-order valence-electron chi connectivity index (χ3n) is 4.35. The standard InChI is InChI=1S/C18H24N4O3/c1-2-15(24-13-8-4-3-5-9-13)18(23)20-12-16-21-17(22-25-16)14-10-6-7-11-19-14/h6-7,10-11,13,15H,2-5,8-9,12H2,1H3,(H,20,23)/t15-/m1/s1. The number of pyridine rings is 1. The highest BCUT2D eigenvalue weighted by molar-refractivity contribution is 5.80. The monoisotopic (exact) mass is 344 g/mol. The summed E-state index contributed by atoms with van der Waals surface area (Å²) >= 11 is 0. The average molecular weight is 344 g/mol. The van der Waals surface area contributed by atoms with E-state index in [1.54, 1.807) is 12.3 Å². The number of carbonyl (C=O) groups excluding carboxylic acids is 1. The molecular weight excluding hydrogens is 320 g/mol. The Balaban J connectivity index is 1.51. The molecule has 7 nitrogen and oxygen atoms in total. The minimum Gasteiger partial charge on any atom is -0.365 e. The van der Waals surface area contributed by atoms with Crippen molar-refractivity contribution >= 4 is 5.91 Å². The van der Waals surface area contributed by atoms with Crippen molar-refractivity contribution in [1.82, 2.24) is 20.4 Å². The summed E-state index contributed by atoms with van der Waals surface area (Å²) in [5.74, 6) is 0.627. The van der Waals surface area contributed by atoms with Gasteiger partial charge in [0, 0.05) is 6.20 Å². The van der Waals surface area contributed by atoms with Crippen LogP contribution in [0, 0.1) is 0 Å². The van der Waals surface area contributed by atoms with E-state index in [-0.39, 0.29) is 18.6 Å². The van der Waals surface area contributed by atoms with Crippen LogP contribution in [0.5, 0.6) is 0 Å². The molecule has 2 aromatic rings. The lowest BCUT2D eigenvalue weighted by atomic mass is 9.97. The molecule has 1 fully saturated rings. The Bertz CT molecular complexity index is 668. The number of aromatic nitrogens is 3. The number of hydrogen-bond acceptors (Lipinski definition) is 6. The van der Waals surface area contributed by atoms with E-state index in [4.69, 9.17) is 9.26 Å². The minimum absolute atomic E-state index is 0.134. The first-order valence-corrected chi connectivity index (χ1v) is 8.93. The molecule has 0 aliphatic heterocycles. The van der Waals surface area contributed by atoms with Crippen molar-refractivity contribution in [3.05, 3.63) is 30.3 Å². The molecule has 134 valence electrons. The second kappa shape index (κ2) is 8.71. The molecule has 0 unspecified atom stereocenters. The molecule has 0 bridgehead atoms. The number of ether oxygens (including phenoxy) is 1. The van der Waals surface area contributed by atoms with E-state index in [1.165, 1.54) is 19.3 Å². The smallest absolute Gasteiger partial charge is 0.249 e. The van der Waals surface area contributed by atoms with Gasteiger partial charge in [-0.25, -0.2) is 0 Å². The normalized spacial score (nSPS) is 16.5. The van der Waals surface area contributed by atoms with Crippen LogP contribution in [0.3, 0.4) is 0 Å². The van der Waals surface area contributed by atoms with Gasteiger partial charge in [-0.1, -0.05) is 37.4 Å². The van der Waals surface area contributed by atoms with Gasteiger partial charge in [-0.3, -0.25) is 9.78 Å². The first-order chi connectivity index (χ1) is 12.3. The Morgan fingerprint density at radius 1 is 1.36 bits per heavy atom. The van der Waals surface area contributed by atoms with Crippen molar-refractivity contribution in [2.45, 2.75) is 64.2 Å². The van der Waals surface area contributed by atoms with Gasteiger partial charge in [0.25, 0.3) is 0 Å². The van der Waals surface area contributed by atoms with Gasteiger partial charge in [-0.15, -0.1) is 0 Å². The van der Waals surface area contributed by atoms with Crippen molar-refractivity contribution in [3.8, 4) is 11.5 Å². The third kappa shape index (κ3) is 4.85. The number of nitrogens with one attached hydrogen (secondary N) is 1. The first-order valence-electron chi connectivity index (χ1n) is 8.93. The summed E-state index contributed by atoms with van der Waals surface area (Å²) in [5, 5.41) is 6.72. The molecule has 0 aromatic carbocycles. The zero-order valence-corrected chi connectivity index (χ0v) is 14.5. The number of hydrogen-bond donors (Lipinski definition) is 1. The van der Waals surface area contributed by atoms with Gasteiger partial charge < -0.3 is 14.6 Å². The second-order valence-electron chi connectivity index (χ2n) is 6.24. The van der Waals surface area contributed by atoms with Gasteiger partial charge in [0.2, 0.25) is 17.6 Å². The summed E-state index contributed by atoms with van der Waals surface area (Å²) < 4.78 is 11.2. The molecule has 2 heterocycles. The number of carbonyl (C=O) groups is 1.